The SMILES string of the molecule is COC(=O)[C@H](Cc1ccccc1)NC(=S)NC[C@@]1(C(C)(C)C)CCCN1C(=O)O. The van der Waals surface area contributed by atoms with Crippen LogP contribution in [-0.4, -0.2) is 59.0 Å². The number of hydrogen-bond acceptors (Lipinski definition) is 4. The van der Waals surface area contributed by atoms with Gasteiger partial charge in [-0.2, -0.15) is 0 Å². The molecule has 0 unspecified atom stereocenters. The number of amides is 1. The predicted octanol–water partition coefficient (Wildman–Crippen LogP) is 2.79. The second kappa shape index (κ2) is 9.43. The maximum Gasteiger partial charge on any atom is 0.407 e. The number of thiocarbonyl (C=S) groups is 1. The maximum atomic E-state index is 12.2. The first-order valence-corrected chi connectivity index (χ1v) is 10.2. The largest absolute Gasteiger partial charge is 0.467 e. The van der Waals surface area contributed by atoms with Gasteiger partial charge >= 0.3 is 12.1 Å². The fraction of sp³-hybridized carbons (Fsp3) is 0.571. The highest BCUT2D eigenvalue weighted by Gasteiger charge is 2.51. The van der Waals surface area contributed by atoms with Gasteiger partial charge in [0.2, 0.25) is 0 Å². The van der Waals surface area contributed by atoms with E-state index in [0.29, 0.717) is 24.6 Å². The van der Waals surface area contributed by atoms with Gasteiger partial charge in [-0.1, -0.05) is 51.1 Å². The molecule has 1 aromatic rings. The van der Waals surface area contributed by atoms with Crippen LogP contribution in [0.4, 0.5) is 4.79 Å². The number of benzene rings is 1. The molecule has 0 spiro atoms. The van der Waals surface area contributed by atoms with Gasteiger partial charge in [-0.3, -0.25) is 0 Å². The number of likely N-dealkylation sites (tertiary alicyclic amines) is 1. The lowest BCUT2D eigenvalue weighted by atomic mass is 9.71. The molecule has 0 bridgehead atoms. The number of ether oxygens (including phenoxy) is 1. The Kier molecular flexibility index (Phi) is 7.46. The van der Waals surface area contributed by atoms with Gasteiger partial charge in [0.25, 0.3) is 0 Å². The van der Waals surface area contributed by atoms with Gasteiger partial charge in [0.15, 0.2) is 5.11 Å². The molecule has 2 atom stereocenters. The summed E-state index contributed by atoms with van der Waals surface area (Å²) in [6.45, 7) is 7.00. The number of nitrogens with zero attached hydrogens (tertiary/aromatic N) is 1. The molecule has 8 heteroatoms. The van der Waals surface area contributed by atoms with Crippen molar-refractivity contribution in [1.82, 2.24) is 15.5 Å². The topological polar surface area (TPSA) is 90.9 Å². The van der Waals surface area contributed by atoms with Crippen molar-refractivity contribution < 1.29 is 19.4 Å². The normalized spacial score (nSPS) is 20.1. The standard InChI is InChI=1S/C21H31N3O4S/c1-20(2,3)21(11-8-12-24(21)19(26)27)14-22-18(29)23-16(17(25)28-4)13-15-9-6-5-7-10-15/h5-7,9-10,16H,8,11-14H2,1-4H3,(H,26,27)(H2,22,23,29)/t16-,21+/m0/s1. The Morgan fingerprint density at radius 2 is 1.97 bits per heavy atom. The molecule has 1 aromatic carbocycles. The van der Waals surface area contributed by atoms with Gasteiger partial charge in [0.1, 0.15) is 6.04 Å². The summed E-state index contributed by atoms with van der Waals surface area (Å²) >= 11 is 5.43. The average Bonchev–Trinajstić information content (AvgIpc) is 3.12. The van der Waals surface area contributed by atoms with E-state index in [0.717, 1.165) is 18.4 Å². The summed E-state index contributed by atoms with van der Waals surface area (Å²) in [6, 6.07) is 8.98. The number of rotatable bonds is 6. The summed E-state index contributed by atoms with van der Waals surface area (Å²) in [7, 11) is 1.34. The Bertz CT molecular complexity index is 735. The molecule has 2 rings (SSSR count). The van der Waals surface area contributed by atoms with E-state index in [-0.39, 0.29) is 5.41 Å². The second-order valence-corrected chi connectivity index (χ2v) is 8.82. The molecule has 0 aliphatic carbocycles. The van der Waals surface area contributed by atoms with Crippen LogP contribution in [0.25, 0.3) is 0 Å². The number of carbonyl (C=O) groups is 2. The van der Waals surface area contributed by atoms with E-state index in [2.05, 4.69) is 10.6 Å². The van der Waals surface area contributed by atoms with Crippen LogP contribution in [0.5, 0.6) is 0 Å². The van der Waals surface area contributed by atoms with E-state index in [1.54, 1.807) is 0 Å². The van der Waals surface area contributed by atoms with Crippen LogP contribution in [0.3, 0.4) is 0 Å². The Balaban J connectivity index is 2.08. The summed E-state index contributed by atoms with van der Waals surface area (Å²) in [6.07, 6.45) is 1.07. The fourth-order valence-electron chi connectivity index (χ4n) is 4.01. The van der Waals surface area contributed by atoms with Crippen molar-refractivity contribution in [1.29, 1.82) is 0 Å². The van der Waals surface area contributed by atoms with E-state index in [9.17, 15) is 14.7 Å². The van der Waals surface area contributed by atoms with Crippen LogP contribution in [-0.2, 0) is 16.0 Å². The lowest BCUT2D eigenvalue weighted by Crippen LogP contribution is -2.62. The van der Waals surface area contributed by atoms with E-state index in [1.807, 2.05) is 51.1 Å². The molecule has 160 valence electrons. The third-order valence-corrected chi connectivity index (χ3v) is 5.99. The van der Waals surface area contributed by atoms with E-state index >= 15 is 0 Å². The van der Waals surface area contributed by atoms with Crippen LogP contribution in [0.15, 0.2) is 30.3 Å². The lowest BCUT2D eigenvalue weighted by molar-refractivity contribution is -0.142. The highest BCUT2D eigenvalue weighted by atomic mass is 32.1. The summed E-state index contributed by atoms with van der Waals surface area (Å²) < 4.78 is 4.91. The van der Waals surface area contributed by atoms with Crippen molar-refractivity contribution >= 4 is 29.4 Å². The molecule has 1 aliphatic rings. The first-order chi connectivity index (χ1) is 13.6. The zero-order valence-electron chi connectivity index (χ0n) is 17.5. The minimum Gasteiger partial charge on any atom is -0.467 e. The number of esters is 1. The number of carbonyl (C=O) groups excluding carboxylic acids is 1. The number of methoxy groups -OCH3 is 1. The monoisotopic (exact) mass is 421 g/mol. The minimum absolute atomic E-state index is 0.281. The first-order valence-electron chi connectivity index (χ1n) is 9.77. The lowest BCUT2D eigenvalue weighted by Gasteiger charge is -2.47. The molecule has 0 radical (unpaired) electrons. The molecule has 1 aliphatic heterocycles. The molecule has 0 aromatic heterocycles. The Hall–Kier alpha value is -2.35. The van der Waals surface area contributed by atoms with Crippen LogP contribution < -0.4 is 10.6 Å². The fourth-order valence-corrected chi connectivity index (χ4v) is 4.22. The van der Waals surface area contributed by atoms with Crippen molar-refractivity contribution in [2.75, 3.05) is 20.2 Å². The summed E-state index contributed by atoms with van der Waals surface area (Å²) in [5.41, 5.74) is 0.123. The molecule has 7 nitrogen and oxygen atoms in total. The third kappa shape index (κ3) is 5.38. The first kappa shape index (κ1) is 22.9. The highest BCUT2D eigenvalue weighted by molar-refractivity contribution is 7.80. The molecule has 1 heterocycles. The number of carboxylic acid groups (broad SMARTS) is 1. The van der Waals surface area contributed by atoms with Gasteiger partial charge < -0.3 is 25.4 Å². The van der Waals surface area contributed by atoms with Crippen LogP contribution >= 0.6 is 12.2 Å². The predicted molar refractivity (Wildman–Crippen MR) is 116 cm³/mol. The summed E-state index contributed by atoms with van der Waals surface area (Å²) in [4.78, 5) is 25.5. The molecule has 1 saturated heterocycles. The Morgan fingerprint density at radius 3 is 2.52 bits per heavy atom. The summed E-state index contributed by atoms with van der Waals surface area (Å²) in [5, 5.41) is 16.2. The molecule has 1 amide bonds. The number of nitrogens with one attached hydrogen (secondary N) is 2. The van der Waals surface area contributed by atoms with Crippen molar-refractivity contribution in [2.45, 2.75) is 51.6 Å². The maximum absolute atomic E-state index is 12.2. The molecule has 3 N–H and O–H groups in total. The van der Waals surface area contributed by atoms with Gasteiger partial charge in [0, 0.05) is 19.5 Å². The third-order valence-electron chi connectivity index (χ3n) is 5.73. The van der Waals surface area contributed by atoms with Crippen molar-refractivity contribution in [3.8, 4) is 0 Å². The average molecular weight is 422 g/mol. The second-order valence-electron chi connectivity index (χ2n) is 8.41. The minimum atomic E-state index is -0.922. The molecule has 29 heavy (non-hydrogen) atoms. The smallest absolute Gasteiger partial charge is 0.407 e. The van der Waals surface area contributed by atoms with Gasteiger partial charge in [-0.05, 0) is 36.0 Å². The van der Waals surface area contributed by atoms with Crippen LogP contribution in [0.1, 0.15) is 39.2 Å². The van der Waals surface area contributed by atoms with Crippen LogP contribution in [0, 0.1) is 5.41 Å². The Morgan fingerprint density at radius 1 is 1.31 bits per heavy atom. The molecule has 1 fully saturated rings. The highest BCUT2D eigenvalue weighted by Crippen LogP contribution is 2.43. The van der Waals surface area contributed by atoms with Crippen molar-refractivity contribution in [3.63, 3.8) is 0 Å². The van der Waals surface area contributed by atoms with Gasteiger partial charge in [-0.25, -0.2) is 9.59 Å². The van der Waals surface area contributed by atoms with E-state index < -0.39 is 23.6 Å². The van der Waals surface area contributed by atoms with Gasteiger partial charge in [0.05, 0.1) is 12.6 Å². The van der Waals surface area contributed by atoms with Crippen LogP contribution in [0.2, 0.25) is 0 Å². The van der Waals surface area contributed by atoms with Gasteiger partial charge in [-0.15, -0.1) is 0 Å². The quantitative estimate of drug-likeness (QED) is 0.481. The zero-order valence-corrected chi connectivity index (χ0v) is 18.3. The Labute approximate surface area is 177 Å². The number of hydrogen-bond donors (Lipinski definition) is 3. The van der Waals surface area contributed by atoms with E-state index in [4.69, 9.17) is 17.0 Å². The van der Waals surface area contributed by atoms with E-state index in [1.165, 1.54) is 12.0 Å². The molecular weight excluding hydrogens is 390 g/mol. The summed E-state index contributed by atoms with van der Waals surface area (Å²) in [5.74, 6) is -0.406. The van der Waals surface area contributed by atoms with Crippen molar-refractivity contribution in [2.24, 2.45) is 5.41 Å². The molecular formula is C21H31N3O4S. The van der Waals surface area contributed by atoms with Crippen molar-refractivity contribution in [3.05, 3.63) is 35.9 Å². The zero-order chi connectivity index (χ0) is 21.7. The molecule has 0 saturated carbocycles.